The topological polar surface area (TPSA) is 100 Å². The van der Waals surface area contributed by atoms with Gasteiger partial charge >= 0.3 is 0 Å². The van der Waals surface area contributed by atoms with Crippen molar-refractivity contribution in [1.29, 1.82) is 10.7 Å². The van der Waals surface area contributed by atoms with Gasteiger partial charge in [0.2, 0.25) is 0 Å². The van der Waals surface area contributed by atoms with Crippen molar-refractivity contribution in [2.45, 2.75) is 19.9 Å². The van der Waals surface area contributed by atoms with Gasteiger partial charge in [-0.3, -0.25) is 5.41 Å². The number of rotatable bonds is 5. The molecule has 0 unspecified atom stereocenters. The van der Waals surface area contributed by atoms with Gasteiger partial charge in [-0.25, -0.2) is 0 Å². The van der Waals surface area contributed by atoms with E-state index >= 15 is 0 Å². The van der Waals surface area contributed by atoms with E-state index in [1.807, 2.05) is 29.7 Å². The number of methoxy groups -OCH3 is 2. The summed E-state index contributed by atoms with van der Waals surface area (Å²) in [5.74, 6) is 1.56. The number of fused-ring (bicyclic) bond motifs is 3. The van der Waals surface area contributed by atoms with Crippen LogP contribution in [0.15, 0.2) is 34.8 Å². The second-order valence-electron chi connectivity index (χ2n) is 7.28. The van der Waals surface area contributed by atoms with E-state index < -0.39 is 0 Å². The molecular formula is C24H22BrN3O4. The Hall–Kier alpha value is -3.44. The Bertz CT molecular complexity index is 1320. The van der Waals surface area contributed by atoms with E-state index in [-0.39, 0.29) is 16.8 Å². The quantitative estimate of drug-likeness (QED) is 0.537. The zero-order valence-corrected chi connectivity index (χ0v) is 19.5. The van der Waals surface area contributed by atoms with Crippen molar-refractivity contribution in [3.63, 3.8) is 0 Å². The average molecular weight is 496 g/mol. The Kier molecular flexibility index (Phi) is 5.85. The molecule has 0 amide bonds. The summed E-state index contributed by atoms with van der Waals surface area (Å²) in [6.07, 6.45) is 0.711. The lowest BCUT2D eigenvalue weighted by Gasteiger charge is -2.25. The zero-order valence-electron chi connectivity index (χ0n) is 18.0. The lowest BCUT2D eigenvalue weighted by atomic mass is 9.92. The molecule has 4 rings (SSSR count). The number of hydrogen-bond donors (Lipinski definition) is 2. The Morgan fingerprint density at radius 3 is 2.47 bits per heavy atom. The molecule has 8 heteroatoms. The van der Waals surface area contributed by atoms with Crippen LogP contribution >= 0.6 is 15.9 Å². The average Bonchev–Trinajstić information content (AvgIpc) is 2.80. The van der Waals surface area contributed by atoms with Crippen LogP contribution in [-0.4, -0.2) is 30.5 Å². The van der Waals surface area contributed by atoms with E-state index in [1.165, 1.54) is 0 Å². The fraction of sp³-hybridized carbons (Fsp3) is 0.250. The second-order valence-corrected chi connectivity index (χ2v) is 8.14. The van der Waals surface area contributed by atoms with Crippen molar-refractivity contribution >= 4 is 15.9 Å². The molecule has 2 aromatic carbocycles. The molecule has 0 aliphatic carbocycles. The van der Waals surface area contributed by atoms with Crippen LogP contribution in [0, 0.1) is 16.7 Å². The van der Waals surface area contributed by atoms with Crippen molar-refractivity contribution in [3.8, 4) is 51.5 Å². The SMILES string of the molecule is CCOc1cc(-c2cc3n(c(=N)c2C#N)CCc2cc(OC)c(OC)cc2-3)cc(Br)c1O. The Labute approximate surface area is 194 Å². The van der Waals surface area contributed by atoms with Crippen LogP contribution in [-0.2, 0) is 13.0 Å². The van der Waals surface area contributed by atoms with Crippen molar-refractivity contribution in [1.82, 2.24) is 4.57 Å². The van der Waals surface area contributed by atoms with Gasteiger partial charge in [-0.15, -0.1) is 0 Å². The summed E-state index contributed by atoms with van der Waals surface area (Å²) in [5.41, 5.74) is 4.48. The number of phenolic OH excluding ortho intramolecular Hbond substituents is 1. The van der Waals surface area contributed by atoms with Crippen LogP contribution < -0.4 is 19.7 Å². The molecule has 0 fully saturated rings. The molecule has 0 radical (unpaired) electrons. The molecule has 164 valence electrons. The van der Waals surface area contributed by atoms with Crippen molar-refractivity contribution in [2.24, 2.45) is 0 Å². The number of hydrogen-bond acceptors (Lipinski definition) is 6. The Balaban J connectivity index is 2.01. The number of benzene rings is 2. The Morgan fingerprint density at radius 1 is 1.09 bits per heavy atom. The first-order valence-electron chi connectivity index (χ1n) is 10.1. The second kappa shape index (κ2) is 8.60. The molecule has 3 aromatic rings. The molecule has 32 heavy (non-hydrogen) atoms. The van der Waals surface area contributed by atoms with Gasteiger partial charge < -0.3 is 23.9 Å². The molecule has 2 heterocycles. The molecular weight excluding hydrogens is 474 g/mol. The molecule has 0 saturated heterocycles. The maximum Gasteiger partial charge on any atom is 0.172 e. The third-order valence-corrected chi connectivity index (χ3v) is 6.19. The highest BCUT2D eigenvalue weighted by Gasteiger charge is 2.24. The summed E-state index contributed by atoms with van der Waals surface area (Å²) in [4.78, 5) is 0. The Morgan fingerprint density at radius 2 is 1.81 bits per heavy atom. The summed E-state index contributed by atoms with van der Waals surface area (Å²) in [6.45, 7) is 2.79. The highest BCUT2D eigenvalue weighted by molar-refractivity contribution is 9.10. The minimum atomic E-state index is -0.00489. The highest BCUT2D eigenvalue weighted by Crippen LogP contribution is 2.42. The minimum Gasteiger partial charge on any atom is -0.503 e. The van der Waals surface area contributed by atoms with Gasteiger partial charge in [0.15, 0.2) is 23.0 Å². The van der Waals surface area contributed by atoms with Crippen LogP contribution in [0.1, 0.15) is 18.1 Å². The van der Waals surface area contributed by atoms with Gasteiger partial charge in [-0.2, -0.15) is 5.26 Å². The summed E-state index contributed by atoms with van der Waals surface area (Å²) >= 11 is 3.37. The van der Waals surface area contributed by atoms with Crippen LogP contribution in [0.4, 0.5) is 0 Å². The van der Waals surface area contributed by atoms with Crippen LogP contribution in [0.2, 0.25) is 0 Å². The molecule has 1 aliphatic heterocycles. The molecule has 0 bridgehead atoms. The number of phenols is 1. The number of halogens is 1. The lowest BCUT2D eigenvalue weighted by Crippen LogP contribution is -2.28. The minimum absolute atomic E-state index is 0.00489. The number of nitrogens with zero attached hydrogens (tertiary/aromatic N) is 2. The van der Waals surface area contributed by atoms with Crippen LogP contribution in [0.3, 0.4) is 0 Å². The van der Waals surface area contributed by atoms with Gasteiger partial charge in [0.05, 0.1) is 31.0 Å². The fourth-order valence-electron chi connectivity index (χ4n) is 4.06. The van der Waals surface area contributed by atoms with Gasteiger partial charge in [0.1, 0.15) is 17.1 Å². The number of aromatic hydroxyl groups is 1. The molecule has 7 nitrogen and oxygen atoms in total. The third-order valence-electron chi connectivity index (χ3n) is 5.59. The summed E-state index contributed by atoms with van der Waals surface area (Å²) in [5, 5.41) is 29.0. The van der Waals surface area contributed by atoms with Gasteiger partial charge in [0.25, 0.3) is 0 Å². The molecule has 1 aliphatic rings. The van der Waals surface area contributed by atoms with E-state index in [4.69, 9.17) is 19.6 Å². The van der Waals surface area contributed by atoms with Crippen LogP contribution in [0.25, 0.3) is 22.4 Å². The highest BCUT2D eigenvalue weighted by atomic mass is 79.9. The first-order valence-corrected chi connectivity index (χ1v) is 10.9. The first-order chi connectivity index (χ1) is 15.4. The number of nitrogens with one attached hydrogen (secondary N) is 1. The molecule has 1 aromatic heterocycles. The number of ether oxygens (including phenoxy) is 3. The maximum absolute atomic E-state index is 10.3. The first kappa shape index (κ1) is 21.8. The summed E-state index contributed by atoms with van der Waals surface area (Å²) < 4.78 is 18.8. The van der Waals surface area contributed by atoms with Crippen LogP contribution in [0.5, 0.6) is 23.0 Å². The van der Waals surface area contributed by atoms with Gasteiger partial charge in [-0.1, -0.05) is 0 Å². The predicted octanol–water partition coefficient (Wildman–Crippen LogP) is 4.61. The lowest BCUT2D eigenvalue weighted by molar-refractivity contribution is 0.317. The molecule has 0 atom stereocenters. The molecule has 0 saturated carbocycles. The number of aryl methyl sites for hydroxylation is 1. The molecule has 2 N–H and O–H groups in total. The number of pyridine rings is 1. The maximum atomic E-state index is 10.3. The standard InChI is InChI=1S/C24H22BrN3O4/c1-4-32-22-9-14(7-18(25)23(22)29)15-10-19-16-11-21(31-3)20(30-2)8-13(16)5-6-28(19)24(27)17(15)12-26/h7-11,27,29H,4-6H2,1-3H3. The number of nitriles is 1. The summed E-state index contributed by atoms with van der Waals surface area (Å²) in [7, 11) is 3.19. The smallest absolute Gasteiger partial charge is 0.172 e. The summed E-state index contributed by atoms with van der Waals surface area (Å²) in [6, 6.07) is 11.4. The number of aromatic nitrogens is 1. The largest absolute Gasteiger partial charge is 0.503 e. The van der Waals surface area contributed by atoms with E-state index in [2.05, 4.69) is 22.0 Å². The van der Waals surface area contributed by atoms with E-state index in [9.17, 15) is 10.4 Å². The molecule has 0 spiro atoms. The van der Waals surface area contributed by atoms with Crippen molar-refractivity contribution < 1.29 is 19.3 Å². The van der Waals surface area contributed by atoms with Gasteiger partial charge in [0, 0.05) is 17.7 Å². The normalized spacial score (nSPS) is 11.8. The third kappa shape index (κ3) is 3.49. The monoisotopic (exact) mass is 495 g/mol. The van der Waals surface area contributed by atoms with Crippen molar-refractivity contribution in [3.05, 3.63) is 51.4 Å². The fourth-order valence-corrected chi connectivity index (χ4v) is 4.50. The predicted molar refractivity (Wildman–Crippen MR) is 123 cm³/mol. The van der Waals surface area contributed by atoms with E-state index in [1.54, 1.807) is 26.4 Å². The van der Waals surface area contributed by atoms with E-state index in [0.29, 0.717) is 52.4 Å². The van der Waals surface area contributed by atoms with Crippen molar-refractivity contribution in [2.75, 3.05) is 20.8 Å². The van der Waals surface area contributed by atoms with E-state index in [0.717, 1.165) is 16.8 Å². The van der Waals surface area contributed by atoms with Gasteiger partial charge in [-0.05, 0) is 70.7 Å². The zero-order chi connectivity index (χ0) is 23.0.